The van der Waals surface area contributed by atoms with Crippen molar-refractivity contribution < 1.29 is 14.1 Å². The lowest BCUT2D eigenvalue weighted by atomic mass is 10.1. The van der Waals surface area contributed by atoms with Gasteiger partial charge in [-0.1, -0.05) is 12.1 Å². The number of carbonyl (C=O) groups excluding carboxylic acids is 1. The van der Waals surface area contributed by atoms with Gasteiger partial charge in [0.15, 0.2) is 5.76 Å². The smallest absolute Gasteiger partial charge is 0.395 e. The third-order valence-corrected chi connectivity index (χ3v) is 3.34. The number of hydrogen-bond acceptors (Lipinski definition) is 5. The molecule has 1 saturated heterocycles. The molecule has 2 heterocycles. The van der Waals surface area contributed by atoms with Gasteiger partial charge in [-0.25, -0.2) is 0 Å². The summed E-state index contributed by atoms with van der Waals surface area (Å²) in [5.41, 5.74) is 1.61. The maximum absolute atomic E-state index is 12.1. The Morgan fingerprint density at radius 3 is 2.62 bits per heavy atom. The average molecular weight is 287 g/mol. The van der Waals surface area contributed by atoms with Crippen molar-refractivity contribution in [3.8, 4) is 0 Å². The standard InChI is InChI=1S/C14H13N3O4/c18-14(12-6-7-13(21-12)17(19)20)15-10-4-1-2-5-11(10)16-8-3-9-16/h1-2,4-7H,3,8-9H2,(H,15,18). The summed E-state index contributed by atoms with van der Waals surface area (Å²) >= 11 is 0. The number of benzene rings is 1. The molecule has 1 aromatic carbocycles. The van der Waals surface area contributed by atoms with Crippen LogP contribution in [0.3, 0.4) is 0 Å². The van der Waals surface area contributed by atoms with Crippen molar-refractivity contribution in [3.63, 3.8) is 0 Å². The highest BCUT2D eigenvalue weighted by atomic mass is 16.6. The molecule has 1 aliphatic rings. The van der Waals surface area contributed by atoms with Crippen LogP contribution in [0.15, 0.2) is 40.8 Å². The van der Waals surface area contributed by atoms with E-state index in [0.717, 1.165) is 31.3 Å². The number of nitro groups is 1. The summed E-state index contributed by atoms with van der Waals surface area (Å²) in [6.45, 7) is 1.91. The van der Waals surface area contributed by atoms with Gasteiger partial charge in [0.05, 0.1) is 17.4 Å². The minimum Gasteiger partial charge on any atom is -0.395 e. The number of nitrogens with zero attached hydrogens (tertiary/aromatic N) is 2. The first kappa shape index (κ1) is 13.2. The second-order valence-electron chi connectivity index (χ2n) is 4.71. The van der Waals surface area contributed by atoms with Crippen LogP contribution < -0.4 is 10.2 Å². The van der Waals surface area contributed by atoms with Crippen LogP contribution in [-0.2, 0) is 0 Å². The molecule has 0 atom stereocenters. The van der Waals surface area contributed by atoms with E-state index in [2.05, 4.69) is 10.2 Å². The summed E-state index contributed by atoms with van der Waals surface area (Å²) in [6.07, 6.45) is 1.13. The monoisotopic (exact) mass is 287 g/mol. The van der Waals surface area contributed by atoms with Crippen LogP contribution in [0.2, 0.25) is 0 Å². The first-order valence-electron chi connectivity index (χ1n) is 6.55. The number of rotatable bonds is 4. The molecule has 1 aliphatic heterocycles. The largest absolute Gasteiger partial charge is 0.433 e. The summed E-state index contributed by atoms with van der Waals surface area (Å²) < 4.78 is 4.90. The molecule has 108 valence electrons. The van der Waals surface area contributed by atoms with Gasteiger partial charge in [0.1, 0.15) is 4.92 Å². The van der Waals surface area contributed by atoms with Gasteiger partial charge in [-0.2, -0.15) is 0 Å². The van der Waals surface area contributed by atoms with Crippen molar-refractivity contribution in [1.82, 2.24) is 0 Å². The fourth-order valence-corrected chi connectivity index (χ4v) is 2.14. The van der Waals surface area contributed by atoms with Gasteiger partial charge in [0.25, 0.3) is 5.91 Å². The van der Waals surface area contributed by atoms with Gasteiger partial charge in [-0.15, -0.1) is 0 Å². The van der Waals surface area contributed by atoms with Crippen LogP contribution in [0.5, 0.6) is 0 Å². The van der Waals surface area contributed by atoms with E-state index in [1.807, 2.05) is 18.2 Å². The number of amides is 1. The summed E-state index contributed by atoms with van der Waals surface area (Å²) in [6, 6.07) is 9.91. The maximum atomic E-state index is 12.1. The predicted octanol–water partition coefficient (Wildman–Crippen LogP) is 2.65. The molecule has 0 unspecified atom stereocenters. The Hall–Kier alpha value is -2.83. The van der Waals surface area contributed by atoms with Crippen LogP contribution in [0.25, 0.3) is 0 Å². The predicted molar refractivity (Wildman–Crippen MR) is 76.6 cm³/mol. The van der Waals surface area contributed by atoms with Crippen molar-refractivity contribution in [2.24, 2.45) is 0 Å². The molecular formula is C14H13N3O4. The second-order valence-corrected chi connectivity index (χ2v) is 4.71. The molecule has 1 N–H and O–H groups in total. The van der Waals surface area contributed by atoms with E-state index >= 15 is 0 Å². The zero-order valence-electron chi connectivity index (χ0n) is 11.1. The molecule has 0 aliphatic carbocycles. The van der Waals surface area contributed by atoms with Gasteiger partial charge in [-0.3, -0.25) is 14.9 Å². The lowest BCUT2D eigenvalue weighted by Crippen LogP contribution is -2.37. The van der Waals surface area contributed by atoms with Crippen molar-refractivity contribution >= 4 is 23.2 Å². The highest BCUT2D eigenvalue weighted by molar-refractivity contribution is 6.04. The average Bonchev–Trinajstić information content (AvgIpc) is 2.89. The van der Waals surface area contributed by atoms with Crippen LogP contribution >= 0.6 is 0 Å². The molecule has 1 fully saturated rings. The first-order valence-corrected chi connectivity index (χ1v) is 6.55. The molecule has 3 rings (SSSR count). The van der Waals surface area contributed by atoms with Gasteiger partial charge in [0, 0.05) is 13.1 Å². The molecule has 1 amide bonds. The number of carbonyl (C=O) groups is 1. The van der Waals surface area contributed by atoms with E-state index in [9.17, 15) is 14.9 Å². The number of furan rings is 1. The fourth-order valence-electron chi connectivity index (χ4n) is 2.14. The SMILES string of the molecule is O=C(Nc1ccccc1N1CCC1)c1ccc([N+](=O)[O-])o1. The molecular weight excluding hydrogens is 274 g/mol. The van der Waals surface area contributed by atoms with Gasteiger partial charge in [-0.05, 0) is 24.6 Å². The topological polar surface area (TPSA) is 88.6 Å². The van der Waals surface area contributed by atoms with E-state index in [1.54, 1.807) is 6.07 Å². The molecule has 2 aromatic rings. The summed E-state index contributed by atoms with van der Waals surface area (Å²) in [5, 5.41) is 13.3. The lowest BCUT2D eigenvalue weighted by Gasteiger charge is -2.34. The Morgan fingerprint density at radius 2 is 2.00 bits per heavy atom. The Labute approximate surface area is 120 Å². The quantitative estimate of drug-likeness (QED) is 0.689. The molecule has 7 heteroatoms. The zero-order chi connectivity index (χ0) is 14.8. The van der Waals surface area contributed by atoms with E-state index in [1.165, 1.54) is 6.07 Å². The molecule has 21 heavy (non-hydrogen) atoms. The Morgan fingerprint density at radius 1 is 1.24 bits per heavy atom. The van der Waals surface area contributed by atoms with E-state index in [4.69, 9.17) is 4.42 Å². The van der Waals surface area contributed by atoms with E-state index in [-0.39, 0.29) is 5.76 Å². The van der Waals surface area contributed by atoms with Gasteiger partial charge in [0.2, 0.25) is 0 Å². The van der Waals surface area contributed by atoms with E-state index in [0.29, 0.717) is 5.69 Å². The molecule has 0 bridgehead atoms. The number of para-hydroxylation sites is 2. The van der Waals surface area contributed by atoms with Crippen LogP contribution in [0.1, 0.15) is 17.0 Å². The summed E-state index contributed by atoms with van der Waals surface area (Å²) in [5.74, 6) is -1.03. The van der Waals surface area contributed by atoms with Crippen molar-refractivity contribution in [2.75, 3.05) is 23.3 Å². The fraction of sp³-hybridized carbons (Fsp3) is 0.214. The van der Waals surface area contributed by atoms with Crippen LogP contribution in [0.4, 0.5) is 17.3 Å². The summed E-state index contributed by atoms with van der Waals surface area (Å²) in [4.78, 5) is 24.1. The van der Waals surface area contributed by atoms with Crippen molar-refractivity contribution in [1.29, 1.82) is 0 Å². The van der Waals surface area contributed by atoms with E-state index < -0.39 is 16.7 Å². The van der Waals surface area contributed by atoms with Crippen LogP contribution in [0, 0.1) is 10.1 Å². The molecule has 0 spiro atoms. The Bertz CT molecular complexity index is 691. The number of nitrogens with one attached hydrogen (secondary N) is 1. The molecule has 1 aromatic heterocycles. The highest BCUT2D eigenvalue weighted by Gasteiger charge is 2.21. The summed E-state index contributed by atoms with van der Waals surface area (Å²) in [7, 11) is 0. The van der Waals surface area contributed by atoms with Crippen molar-refractivity contribution in [3.05, 3.63) is 52.3 Å². The minimum atomic E-state index is -0.676. The first-order chi connectivity index (χ1) is 10.1. The molecule has 7 nitrogen and oxygen atoms in total. The lowest BCUT2D eigenvalue weighted by molar-refractivity contribution is -0.402. The van der Waals surface area contributed by atoms with Crippen molar-refractivity contribution in [2.45, 2.75) is 6.42 Å². The Kier molecular flexibility index (Phi) is 3.31. The molecule has 0 radical (unpaired) electrons. The van der Waals surface area contributed by atoms with Crippen LogP contribution in [-0.4, -0.2) is 23.9 Å². The second kappa shape index (κ2) is 5.28. The highest BCUT2D eigenvalue weighted by Crippen LogP contribution is 2.29. The maximum Gasteiger partial charge on any atom is 0.433 e. The van der Waals surface area contributed by atoms with Gasteiger partial charge >= 0.3 is 5.88 Å². The molecule has 0 saturated carbocycles. The Balaban J connectivity index is 1.79. The normalized spacial score (nSPS) is 13.6. The zero-order valence-corrected chi connectivity index (χ0v) is 11.1. The minimum absolute atomic E-state index is 0.0832. The van der Waals surface area contributed by atoms with Gasteiger partial charge < -0.3 is 14.6 Å². The third kappa shape index (κ3) is 2.58. The number of anilines is 2. The number of hydrogen-bond donors (Lipinski definition) is 1. The third-order valence-electron chi connectivity index (χ3n) is 3.34.